The molecule has 4 rings (SSSR count). The van der Waals surface area contributed by atoms with Gasteiger partial charge >= 0.3 is 0 Å². The number of nitrogens with zero attached hydrogens (tertiary/aromatic N) is 2. The number of pyridine rings is 1. The third kappa shape index (κ3) is 6.65. The van der Waals surface area contributed by atoms with E-state index in [-0.39, 0.29) is 36.7 Å². The summed E-state index contributed by atoms with van der Waals surface area (Å²) < 4.78 is 5.17. The number of hydrogen-bond acceptors (Lipinski definition) is 6. The number of carbonyl (C=O) groups excluding carboxylic acids is 4. The molecule has 1 aromatic heterocycles. The van der Waals surface area contributed by atoms with Crippen molar-refractivity contribution in [1.82, 2.24) is 20.5 Å². The number of primary amides is 1. The number of likely N-dealkylation sites (tertiary alicyclic amines) is 1. The van der Waals surface area contributed by atoms with Crippen molar-refractivity contribution in [3.8, 4) is 5.75 Å². The number of aromatic nitrogens is 1. The van der Waals surface area contributed by atoms with Gasteiger partial charge in [-0.05, 0) is 42.7 Å². The van der Waals surface area contributed by atoms with Crippen LogP contribution in [0.5, 0.6) is 5.75 Å². The van der Waals surface area contributed by atoms with Gasteiger partial charge in [-0.3, -0.25) is 24.2 Å². The highest BCUT2D eigenvalue weighted by Crippen LogP contribution is 2.21. The van der Waals surface area contributed by atoms with Crippen LogP contribution < -0.4 is 26.4 Å². The van der Waals surface area contributed by atoms with Gasteiger partial charge in [0.1, 0.15) is 17.8 Å². The lowest BCUT2D eigenvalue weighted by molar-refractivity contribution is -0.658. The van der Waals surface area contributed by atoms with E-state index < -0.39 is 23.9 Å². The largest absolute Gasteiger partial charge is 0.497 e. The van der Waals surface area contributed by atoms with Crippen LogP contribution in [-0.2, 0) is 20.8 Å². The molecule has 2 fully saturated rings. The minimum absolute atomic E-state index is 0.0904. The van der Waals surface area contributed by atoms with Crippen LogP contribution in [0.4, 0.5) is 0 Å². The molecule has 0 saturated carbocycles. The van der Waals surface area contributed by atoms with Crippen molar-refractivity contribution in [1.29, 1.82) is 0 Å². The van der Waals surface area contributed by atoms with Gasteiger partial charge in [0.2, 0.25) is 11.8 Å². The third-order valence-corrected chi connectivity index (χ3v) is 7.21. The lowest BCUT2D eigenvalue weighted by Gasteiger charge is -2.39. The Morgan fingerprint density at radius 1 is 1.13 bits per heavy atom. The van der Waals surface area contributed by atoms with Crippen LogP contribution in [0.1, 0.15) is 41.6 Å². The quantitative estimate of drug-likeness (QED) is 0.334. The average Bonchev–Trinajstić information content (AvgIpc) is 3.48. The molecule has 2 saturated heterocycles. The summed E-state index contributed by atoms with van der Waals surface area (Å²) in [6.07, 6.45) is 5.73. The zero-order valence-corrected chi connectivity index (χ0v) is 21.5. The highest BCUT2D eigenvalue weighted by Gasteiger charge is 2.41. The predicted molar refractivity (Wildman–Crippen MR) is 138 cm³/mol. The Balaban J connectivity index is 1.49. The van der Waals surface area contributed by atoms with E-state index in [1.807, 2.05) is 5.32 Å². The van der Waals surface area contributed by atoms with Crippen molar-refractivity contribution < 1.29 is 29.2 Å². The van der Waals surface area contributed by atoms with Crippen molar-refractivity contribution >= 4 is 23.6 Å². The maximum Gasteiger partial charge on any atom is 0.281 e. The number of nitrogens with two attached hydrogens (primary N) is 2. The van der Waals surface area contributed by atoms with Crippen molar-refractivity contribution in [2.45, 2.75) is 56.3 Å². The lowest BCUT2D eigenvalue weighted by atomic mass is 9.94. The number of carbonyl (C=O) groups is 4. The molecule has 1 aromatic carbocycles. The molecule has 2 aliphatic rings. The summed E-state index contributed by atoms with van der Waals surface area (Å²) >= 11 is 0. The monoisotopic (exact) mass is 523 g/mol. The van der Waals surface area contributed by atoms with Gasteiger partial charge in [-0.2, -0.15) is 0 Å². The molecule has 0 spiro atoms. The Morgan fingerprint density at radius 3 is 2.50 bits per heavy atom. The first-order valence-electron chi connectivity index (χ1n) is 12.9. The van der Waals surface area contributed by atoms with Crippen LogP contribution in [-0.4, -0.2) is 77.9 Å². The second-order valence-corrected chi connectivity index (χ2v) is 9.77. The number of amides is 4. The number of ether oxygens (including phenoxy) is 1. The molecule has 0 aliphatic carbocycles. The highest BCUT2D eigenvalue weighted by atomic mass is 16.5. The number of rotatable bonds is 9. The summed E-state index contributed by atoms with van der Waals surface area (Å²) in [5.41, 5.74) is 6.91. The maximum atomic E-state index is 13.6. The summed E-state index contributed by atoms with van der Waals surface area (Å²) in [5.74, 6) is -0.818. The minimum Gasteiger partial charge on any atom is -0.497 e. The molecule has 0 bridgehead atoms. The van der Waals surface area contributed by atoms with Crippen molar-refractivity contribution in [2.24, 2.45) is 5.73 Å². The number of piperidine rings is 1. The van der Waals surface area contributed by atoms with E-state index >= 15 is 0 Å². The fraction of sp³-hybridized carbons (Fsp3) is 0.444. The van der Waals surface area contributed by atoms with E-state index in [0.717, 1.165) is 24.9 Å². The molecule has 6 N–H and O–H groups in total. The topological polar surface area (TPSA) is 160 Å². The first-order chi connectivity index (χ1) is 18.4. The van der Waals surface area contributed by atoms with Gasteiger partial charge in [0, 0.05) is 49.8 Å². The van der Waals surface area contributed by atoms with E-state index in [9.17, 15) is 19.2 Å². The van der Waals surface area contributed by atoms with Crippen LogP contribution >= 0.6 is 0 Å². The molecule has 2 aliphatic heterocycles. The first-order valence-corrected chi connectivity index (χ1v) is 12.9. The van der Waals surface area contributed by atoms with E-state index in [1.54, 1.807) is 48.4 Å². The predicted octanol–water partition coefficient (Wildman–Crippen LogP) is -0.882. The maximum absolute atomic E-state index is 13.6. The van der Waals surface area contributed by atoms with Crippen molar-refractivity contribution in [2.75, 3.05) is 20.2 Å². The minimum atomic E-state index is -0.960. The molecule has 4 amide bonds. The number of benzene rings is 1. The second kappa shape index (κ2) is 12.5. The standard InChI is InChI=1S/C27H34N6O5/c1-38-20-6-4-17(5-7-20)15-22(24(28)34)32-26(36)23-16-19(31-25(35)18-8-12-29-13-9-18)10-14-33(23)27(37)21-3-2-11-30-21/h4-9,12-13,19,21-23,30H,2-3,10-11,14-16H2,1H3,(H2,28,34)(H,31,35)(H,32,36)/p+1/t19-,21+,22-,23-/m0/s1. The molecule has 4 atom stereocenters. The second-order valence-electron chi connectivity index (χ2n) is 9.77. The molecular weight excluding hydrogens is 488 g/mol. The van der Waals surface area contributed by atoms with Gasteiger partial charge in [0.15, 0.2) is 6.04 Å². The molecule has 38 heavy (non-hydrogen) atoms. The van der Waals surface area contributed by atoms with E-state index in [0.29, 0.717) is 24.3 Å². The molecular formula is C27H35N6O5+. The number of nitrogens with one attached hydrogen (secondary N) is 2. The van der Waals surface area contributed by atoms with Gasteiger partial charge in [-0.1, -0.05) is 12.1 Å². The van der Waals surface area contributed by atoms with E-state index in [2.05, 4.69) is 15.6 Å². The normalized spacial score (nSPS) is 21.8. The van der Waals surface area contributed by atoms with Crippen molar-refractivity contribution in [3.63, 3.8) is 0 Å². The fourth-order valence-electron chi connectivity index (χ4n) is 5.08. The molecule has 0 radical (unpaired) electrons. The van der Waals surface area contributed by atoms with Gasteiger partial charge < -0.3 is 31.3 Å². The summed E-state index contributed by atoms with van der Waals surface area (Å²) in [7, 11) is 1.56. The van der Waals surface area contributed by atoms with E-state index in [1.165, 1.54) is 12.4 Å². The van der Waals surface area contributed by atoms with Crippen LogP contribution in [0.3, 0.4) is 0 Å². The van der Waals surface area contributed by atoms with Crippen LogP contribution in [0.2, 0.25) is 0 Å². The van der Waals surface area contributed by atoms with E-state index in [4.69, 9.17) is 10.5 Å². The average molecular weight is 524 g/mol. The zero-order chi connectivity index (χ0) is 27.1. The zero-order valence-electron chi connectivity index (χ0n) is 21.5. The Bertz CT molecular complexity index is 1140. The fourth-order valence-corrected chi connectivity index (χ4v) is 5.08. The molecule has 3 heterocycles. The third-order valence-electron chi connectivity index (χ3n) is 7.21. The number of hydrogen-bond donors (Lipinski definition) is 4. The van der Waals surface area contributed by atoms with Crippen LogP contribution in [0.15, 0.2) is 48.8 Å². The Kier molecular flexibility index (Phi) is 8.90. The van der Waals surface area contributed by atoms with Crippen LogP contribution in [0.25, 0.3) is 0 Å². The van der Waals surface area contributed by atoms with Gasteiger partial charge in [0.05, 0.1) is 13.7 Å². The first kappa shape index (κ1) is 27.1. The van der Waals surface area contributed by atoms with Gasteiger partial charge in [-0.25, -0.2) is 0 Å². The Labute approximate surface area is 221 Å². The summed E-state index contributed by atoms with van der Waals surface area (Å²) in [4.78, 5) is 57.5. The summed E-state index contributed by atoms with van der Waals surface area (Å²) in [6, 6.07) is 8.03. The summed E-state index contributed by atoms with van der Waals surface area (Å²) in [6.45, 7) is 1.19. The van der Waals surface area contributed by atoms with Gasteiger partial charge in [-0.15, -0.1) is 0 Å². The molecule has 2 aromatic rings. The van der Waals surface area contributed by atoms with Crippen LogP contribution in [0, 0.1) is 0 Å². The van der Waals surface area contributed by atoms with Crippen molar-refractivity contribution in [3.05, 3.63) is 59.9 Å². The number of quaternary nitrogens is 1. The summed E-state index contributed by atoms with van der Waals surface area (Å²) in [5, 5.41) is 7.76. The molecule has 202 valence electrons. The highest BCUT2D eigenvalue weighted by molar-refractivity contribution is 5.95. The Morgan fingerprint density at radius 2 is 1.87 bits per heavy atom. The SMILES string of the molecule is COc1ccc(C[C@H](NC(=O)[C@@H]2C[C@@H](NC(=O)c3ccncc3)CCN2C(=O)[C@H]2CCC[NH2+]2)C(N)=O)cc1. The Hall–Kier alpha value is -3.99. The van der Waals surface area contributed by atoms with Gasteiger partial charge in [0.25, 0.3) is 11.8 Å². The number of methoxy groups -OCH3 is 1. The lowest BCUT2D eigenvalue weighted by Crippen LogP contribution is -2.89. The molecule has 0 unspecified atom stereocenters. The molecule has 11 nitrogen and oxygen atoms in total. The molecule has 11 heteroatoms. The smallest absolute Gasteiger partial charge is 0.281 e.